The number of halogens is 1. The van der Waals surface area contributed by atoms with E-state index in [-0.39, 0.29) is 0 Å². The van der Waals surface area contributed by atoms with Gasteiger partial charge in [-0.3, -0.25) is 0 Å². The molecule has 1 rings (SSSR count). The molecule has 0 saturated heterocycles. The average molecular weight is 400 g/mol. The Hall–Kier alpha value is -0.0500. The normalized spacial score (nSPS) is 11.0. The molecule has 0 N–H and O–H groups in total. The summed E-state index contributed by atoms with van der Waals surface area (Å²) in [4.78, 5) is 0. The SMILES string of the molecule is CCCCCCCc1cc(I)cc(CCCCCCC)c1. The van der Waals surface area contributed by atoms with E-state index in [0.717, 1.165) is 0 Å². The van der Waals surface area contributed by atoms with Gasteiger partial charge in [-0.2, -0.15) is 0 Å². The fourth-order valence-corrected chi connectivity index (χ4v) is 3.67. The Labute approximate surface area is 146 Å². The van der Waals surface area contributed by atoms with Crippen molar-refractivity contribution in [3.63, 3.8) is 0 Å². The molecule has 21 heavy (non-hydrogen) atoms. The minimum Gasteiger partial charge on any atom is -0.0654 e. The van der Waals surface area contributed by atoms with Crippen molar-refractivity contribution in [2.75, 3.05) is 0 Å². The fourth-order valence-electron chi connectivity index (χ4n) is 2.87. The lowest BCUT2D eigenvalue weighted by atomic mass is 10.0. The molecular formula is C20H33I. The van der Waals surface area contributed by atoms with Gasteiger partial charge in [0.25, 0.3) is 0 Å². The van der Waals surface area contributed by atoms with Crippen molar-refractivity contribution < 1.29 is 0 Å². The Morgan fingerprint density at radius 2 is 1.05 bits per heavy atom. The molecular weight excluding hydrogens is 367 g/mol. The van der Waals surface area contributed by atoms with Crippen molar-refractivity contribution in [3.05, 3.63) is 32.9 Å². The van der Waals surface area contributed by atoms with Gasteiger partial charge in [-0.25, -0.2) is 0 Å². The maximum absolute atomic E-state index is 2.48. The highest BCUT2D eigenvalue weighted by molar-refractivity contribution is 14.1. The van der Waals surface area contributed by atoms with E-state index in [2.05, 4.69) is 54.6 Å². The molecule has 0 radical (unpaired) electrons. The van der Waals surface area contributed by atoms with Crippen LogP contribution in [0.25, 0.3) is 0 Å². The van der Waals surface area contributed by atoms with Gasteiger partial charge >= 0.3 is 0 Å². The van der Waals surface area contributed by atoms with Gasteiger partial charge in [0, 0.05) is 3.57 Å². The van der Waals surface area contributed by atoms with Gasteiger partial charge in [-0.1, -0.05) is 71.3 Å². The van der Waals surface area contributed by atoms with Gasteiger partial charge in [-0.05, 0) is 71.5 Å². The van der Waals surface area contributed by atoms with E-state index < -0.39 is 0 Å². The van der Waals surface area contributed by atoms with E-state index in [4.69, 9.17) is 0 Å². The smallest absolute Gasteiger partial charge is 0.0135 e. The summed E-state index contributed by atoms with van der Waals surface area (Å²) in [6, 6.07) is 7.21. The lowest BCUT2D eigenvalue weighted by Crippen LogP contribution is -1.93. The van der Waals surface area contributed by atoms with Gasteiger partial charge in [0.05, 0.1) is 0 Å². The predicted molar refractivity (Wildman–Crippen MR) is 104 cm³/mol. The monoisotopic (exact) mass is 400 g/mol. The Morgan fingerprint density at radius 1 is 0.619 bits per heavy atom. The second-order valence-corrected chi connectivity index (χ2v) is 7.54. The molecule has 0 aromatic heterocycles. The van der Waals surface area contributed by atoms with Crippen LogP contribution in [-0.4, -0.2) is 0 Å². The van der Waals surface area contributed by atoms with Crippen molar-refractivity contribution in [2.24, 2.45) is 0 Å². The average Bonchev–Trinajstić information content (AvgIpc) is 2.46. The van der Waals surface area contributed by atoms with E-state index >= 15 is 0 Å². The summed E-state index contributed by atoms with van der Waals surface area (Å²) in [5, 5.41) is 0. The lowest BCUT2D eigenvalue weighted by Gasteiger charge is -2.07. The van der Waals surface area contributed by atoms with Crippen LogP contribution in [0.1, 0.15) is 89.2 Å². The van der Waals surface area contributed by atoms with Crippen LogP contribution >= 0.6 is 22.6 Å². The van der Waals surface area contributed by atoms with Crippen LogP contribution in [0, 0.1) is 3.57 Å². The number of hydrogen-bond donors (Lipinski definition) is 0. The lowest BCUT2D eigenvalue weighted by molar-refractivity contribution is 0.628. The fraction of sp³-hybridized carbons (Fsp3) is 0.700. The Morgan fingerprint density at radius 3 is 1.48 bits per heavy atom. The molecule has 0 saturated carbocycles. The summed E-state index contributed by atoms with van der Waals surface area (Å²) in [6.45, 7) is 4.57. The maximum atomic E-state index is 2.48. The van der Waals surface area contributed by atoms with E-state index in [1.807, 2.05) is 0 Å². The second kappa shape index (κ2) is 12.5. The Kier molecular flexibility index (Phi) is 11.3. The van der Waals surface area contributed by atoms with Crippen molar-refractivity contribution in [3.8, 4) is 0 Å². The summed E-state index contributed by atoms with van der Waals surface area (Å²) >= 11 is 2.48. The number of hydrogen-bond acceptors (Lipinski definition) is 0. The quantitative estimate of drug-likeness (QED) is 0.255. The first-order valence-corrected chi connectivity index (χ1v) is 10.1. The highest BCUT2D eigenvalue weighted by Crippen LogP contribution is 2.18. The Balaban J connectivity index is 2.32. The summed E-state index contributed by atoms with van der Waals surface area (Å²) in [5.41, 5.74) is 3.11. The molecule has 0 unspecified atom stereocenters. The van der Waals surface area contributed by atoms with Gasteiger partial charge in [-0.15, -0.1) is 0 Å². The van der Waals surface area contributed by atoms with Crippen LogP contribution < -0.4 is 0 Å². The van der Waals surface area contributed by atoms with Crippen molar-refractivity contribution in [1.29, 1.82) is 0 Å². The van der Waals surface area contributed by atoms with E-state index in [1.165, 1.54) is 80.6 Å². The number of aryl methyl sites for hydroxylation is 2. The van der Waals surface area contributed by atoms with Gasteiger partial charge in [0.1, 0.15) is 0 Å². The minimum absolute atomic E-state index is 1.27. The zero-order chi connectivity index (χ0) is 15.3. The zero-order valence-corrected chi connectivity index (χ0v) is 16.3. The first kappa shape index (κ1) is 19.0. The highest BCUT2D eigenvalue weighted by Gasteiger charge is 2.01. The van der Waals surface area contributed by atoms with Gasteiger partial charge in [0.2, 0.25) is 0 Å². The van der Waals surface area contributed by atoms with Crippen LogP contribution in [0.3, 0.4) is 0 Å². The molecule has 1 aromatic rings. The molecule has 0 nitrogen and oxygen atoms in total. The summed E-state index contributed by atoms with van der Waals surface area (Å²) in [6.07, 6.45) is 16.3. The van der Waals surface area contributed by atoms with Crippen molar-refractivity contribution >= 4 is 22.6 Å². The van der Waals surface area contributed by atoms with E-state index in [0.29, 0.717) is 0 Å². The molecule has 0 amide bonds. The molecule has 0 aliphatic rings. The largest absolute Gasteiger partial charge is 0.0654 e. The van der Waals surface area contributed by atoms with Gasteiger partial charge < -0.3 is 0 Å². The number of rotatable bonds is 12. The van der Waals surface area contributed by atoms with Crippen LogP contribution in [0.2, 0.25) is 0 Å². The molecule has 0 atom stereocenters. The number of benzene rings is 1. The summed E-state index contributed by atoms with van der Waals surface area (Å²) in [7, 11) is 0. The zero-order valence-electron chi connectivity index (χ0n) is 14.1. The molecule has 1 aromatic carbocycles. The van der Waals surface area contributed by atoms with Crippen molar-refractivity contribution in [2.45, 2.75) is 90.9 Å². The van der Waals surface area contributed by atoms with Gasteiger partial charge in [0.15, 0.2) is 0 Å². The standard InChI is InChI=1S/C20H33I/c1-3-5-7-9-11-13-18-15-19(17-20(21)16-18)14-12-10-8-6-4-2/h15-17H,3-14H2,1-2H3. The molecule has 0 heterocycles. The summed E-state index contributed by atoms with van der Waals surface area (Å²) in [5.74, 6) is 0. The highest BCUT2D eigenvalue weighted by atomic mass is 127. The van der Waals surface area contributed by atoms with Crippen LogP contribution in [-0.2, 0) is 12.8 Å². The van der Waals surface area contributed by atoms with Crippen molar-refractivity contribution in [1.82, 2.24) is 0 Å². The molecule has 1 heteroatoms. The molecule has 0 spiro atoms. The molecule has 120 valence electrons. The summed E-state index contributed by atoms with van der Waals surface area (Å²) < 4.78 is 1.42. The van der Waals surface area contributed by atoms with E-state index in [1.54, 1.807) is 11.1 Å². The van der Waals surface area contributed by atoms with Crippen LogP contribution in [0.15, 0.2) is 18.2 Å². The first-order valence-electron chi connectivity index (χ1n) is 9.04. The Bertz CT molecular complexity index is 338. The molecule has 0 bridgehead atoms. The third-order valence-electron chi connectivity index (χ3n) is 4.16. The topological polar surface area (TPSA) is 0 Å². The van der Waals surface area contributed by atoms with Crippen LogP contribution in [0.4, 0.5) is 0 Å². The maximum Gasteiger partial charge on any atom is 0.0135 e. The minimum atomic E-state index is 1.27. The third-order valence-corrected chi connectivity index (χ3v) is 4.78. The molecule has 0 aliphatic carbocycles. The number of unbranched alkanes of at least 4 members (excludes halogenated alkanes) is 8. The second-order valence-electron chi connectivity index (χ2n) is 6.30. The predicted octanol–water partition coefficient (Wildman–Crippen LogP) is 7.32. The van der Waals surface area contributed by atoms with Crippen LogP contribution in [0.5, 0.6) is 0 Å². The molecule has 0 aliphatic heterocycles. The first-order chi connectivity index (χ1) is 10.3. The van der Waals surface area contributed by atoms with E-state index in [9.17, 15) is 0 Å². The third kappa shape index (κ3) is 9.55. The molecule has 0 fully saturated rings.